The van der Waals surface area contributed by atoms with E-state index in [0.717, 1.165) is 5.69 Å². The Morgan fingerprint density at radius 3 is 2.38 bits per heavy atom. The SMILES string of the molecule is CN(C)C(=O)N1CCC(CO)(Nc2ccc(Cl)cc2)CC1. The number of aliphatic hydroxyl groups excluding tert-OH is 1. The van der Waals surface area contributed by atoms with Crippen molar-refractivity contribution in [2.24, 2.45) is 0 Å². The van der Waals surface area contributed by atoms with E-state index in [1.54, 1.807) is 19.0 Å². The van der Waals surface area contributed by atoms with Crippen molar-refractivity contribution in [2.45, 2.75) is 18.4 Å². The summed E-state index contributed by atoms with van der Waals surface area (Å²) in [6.45, 7) is 1.32. The minimum absolute atomic E-state index is 0.0213. The lowest BCUT2D eigenvalue weighted by atomic mass is 9.88. The van der Waals surface area contributed by atoms with Crippen molar-refractivity contribution in [1.82, 2.24) is 9.80 Å². The number of carbonyl (C=O) groups excluding carboxylic acids is 1. The number of nitrogens with zero attached hydrogens (tertiary/aromatic N) is 2. The van der Waals surface area contributed by atoms with E-state index in [9.17, 15) is 9.90 Å². The Morgan fingerprint density at radius 2 is 1.90 bits per heavy atom. The van der Waals surface area contributed by atoms with E-state index in [0.29, 0.717) is 31.0 Å². The Bertz CT molecular complexity index is 482. The Hall–Kier alpha value is -1.46. The van der Waals surface area contributed by atoms with Crippen molar-refractivity contribution in [3.63, 3.8) is 0 Å². The van der Waals surface area contributed by atoms with Gasteiger partial charge >= 0.3 is 6.03 Å². The summed E-state index contributed by atoms with van der Waals surface area (Å²) in [6, 6.07) is 7.46. The van der Waals surface area contributed by atoms with Gasteiger partial charge in [0.25, 0.3) is 0 Å². The number of piperidine rings is 1. The number of hydrogen-bond donors (Lipinski definition) is 2. The summed E-state index contributed by atoms with van der Waals surface area (Å²) in [4.78, 5) is 15.3. The van der Waals surface area contributed by atoms with Gasteiger partial charge in [-0.15, -0.1) is 0 Å². The van der Waals surface area contributed by atoms with Gasteiger partial charge in [-0.2, -0.15) is 0 Å². The number of hydrogen-bond acceptors (Lipinski definition) is 3. The molecule has 0 bridgehead atoms. The van der Waals surface area contributed by atoms with Crippen LogP contribution < -0.4 is 5.32 Å². The maximum Gasteiger partial charge on any atom is 0.319 e. The molecule has 116 valence electrons. The van der Waals surface area contributed by atoms with Crippen LogP contribution in [0.1, 0.15) is 12.8 Å². The number of carbonyl (C=O) groups is 1. The van der Waals surface area contributed by atoms with Gasteiger partial charge in [0, 0.05) is 37.9 Å². The maximum atomic E-state index is 11.9. The molecule has 1 fully saturated rings. The minimum Gasteiger partial charge on any atom is -0.394 e. The number of anilines is 1. The third-order valence-corrected chi connectivity index (χ3v) is 4.18. The smallest absolute Gasteiger partial charge is 0.319 e. The van der Waals surface area contributed by atoms with Gasteiger partial charge in [-0.3, -0.25) is 0 Å². The highest BCUT2D eigenvalue weighted by molar-refractivity contribution is 6.30. The molecule has 0 spiro atoms. The van der Waals surface area contributed by atoms with E-state index in [2.05, 4.69) is 5.32 Å². The number of rotatable bonds is 3. The average molecular weight is 312 g/mol. The van der Waals surface area contributed by atoms with Gasteiger partial charge in [0.05, 0.1) is 12.1 Å². The molecule has 1 aromatic rings. The summed E-state index contributed by atoms with van der Waals surface area (Å²) in [6.07, 6.45) is 1.43. The largest absolute Gasteiger partial charge is 0.394 e. The van der Waals surface area contributed by atoms with Crippen LogP contribution in [0.2, 0.25) is 5.02 Å². The summed E-state index contributed by atoms with van der Waals surface area (Å²) in [5.41, 5.74) is 0.553. The third kappa shape index (κ3) is 3.80. The number of benzene rings is 1. The van der Waals surface area contributed by atoms with E-state index in [4.69, 9.17) is 11.6 Å². The van der Waals surface area contributed by atoms with Crippen molar-refractivity contribution in [1.29, 1.82) is 0 Å². The fourth-order valence-corrected chi connectivity index (χ4v) is 2.70. The number of aliphatic hydroxyl groups is 1. The summed E-state index contributed by atoms with van der Waals surface area (Å²) in [5, 5.41) is 13.9. The molecule has 0 radical (unpaired) electrons. The van der Waals surface area contributed by atoms with Crippen LogP contribution in [0.5, 0.6) is 0 Å². The first kappa shape index (κ1) is 15.9. The molecule has 6 heteroatoms. The molecule has 5 nitrogen and oxygen atoms in total. The lowest BCUT2D eigenvalue weighted by molar-refractivity contribution is 0.115. The standard InChI is InChI=1S/C15H22ClN3O2/c1-18(2)14(21)19-9-7-15(11-20,8-10-19)17-13-5-3-12(16)4-6-13/h3-6,17,20H,7-11H2,1-2H3. The number of nitrogens with one attached hydrogen (secondary N) is 1. The molecule has 1 saturated heterocycles. The first-order valence-corrected chi connectivity index (χ1v) is 7.44. The molecule has 2 N–H and O–H groups in total. The highest BCUT2D eigenvalue weighted by atomic mass is 35.5. The second kappa shape index (κ2) is 6.54. The molecule has 0 unspecified atom stereocenters. The van der Waals surface area contributed by atoms with Gasteiger partial charge < -0.3 is 20.2 Å². The first-order valence-electron chi connectivity index (χ1n) is 7.07. The number of likely N-dealkylation sites (tertiary alicyclic amines) is 1. The normalized spacial score (nSPS) is 17.4. The Balaban J connectivity index is 2.01. The first-order chi connectivity index (χ1) is 9.96. The highest BCUT2D eigenvalue weighted by Gasteiger charge is 2.35. The summed E-state index contributed by atoms with van der Waals surface area (Å²) in [5.74, 6) is 0. The van der Waals surface area contributed by atoms with Gasteiger partial charge in [-0.25, -0.2) is 4.79 Å². The second-order valence-corrected chi connectivity index (χ2v) is 6.17. The van der Waals surface area contributed by atoms with Crippen LogP contribution >= 0.6 is 11.6 Å². The monoisotopic (exact) mass is 311 g/mol. The molecular weight excluding hydrogens is 290 g/mol. The molecule has 1 aromatic carbocycles. The molecule has 1 heterocycles. The predicted octanol–water partition coefficient (Wildman–Crippen LogP) is 2.26. The summed E-state index contributed by atoms with van der Waals surface area (Å²) >= 11 is 5.88. The summed E-state index contributed by atoms with van der Waals surface area (Å²) < 4.78 is 0. The number of amides is 2. The van der Waals surface area contributed by atoms with Gasteiger partial charge in [0.2, 0.25) is 0 Å². The number of urea groups is 1. The topological polar surface area (TPSA) is 55.8 Å². The van der Waals surface area contributed by atoms with Crippen LogP contribution in [0.25, 0.3) is 0 Å². The molecule has 2 amide bonds. The van der Waals surface area contributed by atoms with Crippen molar-refractivity contribution >= 4 is 23.3 Å². The van der Waals surface area contributed by atoms with Crippen LogP contribution in [0.3, 0.4) is 0 Å². The Kier molecular flexibility index (Phi) is 4.96. The van der Waals surface area contributed by atoms with Gasteiger partial charge in [0.1, 0.15) is 0 Å². The van der Waals surface area contributed by atoms with Crippen LogP contribution in [0.4, 0.5) is 10.5 Å². The fraction of sp³-hybridized carbons (Fsp3) is 0.533. The fourth-order valence-electron chi connectivity index (χ4n) is 2.57. The Morgan fingerprint density at radius 1 is 1.33 bits per heavy atom. The number of halogens is 1. The zero-order chi connectivity index (χ0) is 15.5. The Labute approximate surface area is 130 Å². The van der Waals surface area contributed by atoms with Crippen molar-refractivity contribution < 1.29 is 9.90 Å². The molecule has 1 aliphatic rings. The summed E-state index contributed by atoms with van der Waals surface area (Å²) in [7, 11) is 3.50. The zero-order valence-corrected chi connectivity index (χ0v) is 13.2. The molecular formula is C15H22ClN3O2. The van der Waals surface area contributed by atoms with Crippen molar-refractivity contribution in [3.05, 3.63) is 29.3 Å². The van der Waals surface area contributed by atoms with E-state index in [1.165, 1.54) is 0 Å². The average Bonchev–Trinajstić information content (AvgIpc) is 2.49. The van der Waals surface area contributed by atoms with Crippen molar-refractivity contribution in [3.8, 4) is 0 Å². The lowest BCUT2D eigenvalue weighted by Gasteiger charge is -2.42. The van der Waals surface area contributed by atoms with Crippen LogP contribution in [-0.2, 0) is 0 Å². The molecule has 0 saturated carbocycles. The van der Waals surface area contributed by atoms with Crippen LogP contribution in [-0.4, -0.2) is 60.3 Å². The van der Waals surface area contributed by atoms with Gasteiger partial charge in [0.15, 0.2) is 0 Å². The molecule has 21 heavy (non-hydrogen) atoms. The quantitative estimate of drug-likeness (QED) is 0.900. The molecule has 0 atom stereocenters. The minimum atomic E-state index is -0.378. The van der Waals surface area contributed by atoms with Crippen LogP contribution in [0, 0.1) is 0 Å². The van der Waals surface area contributed by atoms with E-state index in [1.807, 2.05) is 29.2 Å². The molecule has 2 rings (SSSR count). The van der Waals surface area contributed by atoms with Crippen LogP contribution in [0.15, 0.2) is 24.3 Å². The zero-order valence-electron chi connectivity index (χ0n) is 12.5. The van der Waals surface area contributed by atoms with E-state index >= 15 is 0 Å². The molecule has 1 aliphatic heterocycles. The van der Waals surface area contributed by atoms with Crippen molar-refractivity contribution in [2.75, 3.05) is 39.1 Å². The molecule has 0 aromatic heterocycles. The highest BCUT2D eigenvalue weighted by Crippen LogP contribution is 2.27. The third-order valence-electron chi connectivity index (χ3n) is 3.93. The predicted molar refractivity (Wildman–Crippen MR) is 84.8 cm³/mol. The second-order valence-electron chi connectivity index (χ2n) is 5.73. The van der Waals surface area contributed by atoms with E-state index in [-0.39, 0.29) is 18.2 Å². The maximum absolute atomic E-state index is 11.9. The lowest BCUT2D eigenvalue weighted by Crippen LogP contribution is -2.54. The van der Waals surface area contributed by atoms with E-state index < -0.39 is 0 Å². The van der Waals surface area contributed by atoms with Gasteiger partial charge in [-0.05, 0) is 37.1 Å². The molecule has 0 aliphatic carbocycles. The van der Waals surface area contributed by atoms with Gasteiger partial charge in [-0.1, -0.05) is 11.6 Å².